The van der Waals surface area contributed by atoms with Crippen LogP contribution in [-0.2, 0) is 4.74 Å². The van der Waals surface area contributed by atoms with E-state index in [1.165, 1.54) is 4.88 Å². The fourth-order valence-corrected chi connectivity index (χ4v) is 4.13. The van der Waals surface area contributed by atoms with E-state index < -0.39 is 0 Å². The summed E-state index contributed by atoms with van der Waals surface area (Å²) in [5, 5.41) is 1.01. The molecule has 2 atom stereocenters. The fraction of sp³-hybridized carbons (Fsp3) is 0.471. The van der Waals surface area contributed by atoms with Crippen LogP contribution in [0.1, 0.15) is 34.6 Å². The minimum absolute atomic E-state index is 0.0859. The third-order valence-electron chi connectivity index (χ3n) is 4.13. The van der Waals surface area contributed by atoms with Crippen LogP contribution in [0.15, 0.2) is 24.5 Å². The molecule has 0 aromatic carbocycles. The predicted molar refractivity (Wildman–Crippen MR) is 89.0 cm³/mol. The molecule has 1 aliphatic rings. The molecule has 3 rings (SSSR count). The average molecular weight is 318 g/mol. The number of hydrogen-bond donors (Lipinski definition) is 0. The van der Waals surface area contributed by atoms with E-state index in [0.29, 0.717) is 13.1 Å². The Hall–Kier alpha value is -1.59. The van der Waals surface area contributed by atoms with Gasteiger partial charge in [-0.05, 0) is 45.4 Å². The van der Waals surface area contributed by atoms with Gasteiger partial charge in [0, 0.05) is 30.4 Å². The van der Waals surface area contributed by atoms with Gasteiger partial charge in [0.25, 0.3) is 5.91 Å². The van der Waals surface area contributed by atoms with Gasteiger partial charge in [-0.25, -0.2) is 0 Å². The Morgan fingerprint density at radius 1 is 1.18 bits per heavy atom. The van der Waals surface area contributed by atoms with Crippen LogP contribution < -0.4 is 0 Å². The van der Waals surface area contributed by atoms with Crippen LogP contribution in [-0.4, -0.2) is 40.7 Å². The summed E-state index contributed by atoms with van der Waals surface area (Å²) in [6, 6.07) is 3.97. The molecule has 2 aromatic rings. The molecule has 2 aromatic heterocycles. The van der Waals surface area contributed by atoms with Crippen molar-refractivity contribution in [1.82, 2.24) is 9.47 Å². The van der Waals surface area contributed by atoms with E-state index in [0.717, 1.165) is 16.1 Å². The van der Waals surface area contributed by atoms with Crippen molar-refractivity contribution in [2.45, 2.75) is 39.9 Å². The van der Waals surface area contributed by atoms with Crippen molar-refractivity contribution >= 4 is 17.2 Å². The third-order valence-corrected chi connectivity index (χ3v) is 5.35. The molecule has 0 N–H and O–H groups in total. The zero-order valence-electron chi connectivity index (χ0n) is 13.5. The molecule has 1 saturated heterocycles. The third kappa shape index (κ3) is 2.71. The van der Waals surface area contributed by atoms with Gasteiger partial charge in [0.1, 0.15) is 5.00 Å². The van der Waals surface area contributed by atoms with E-state index in [1.807, 2.05) is 54.8 Å². The molecule has 0 unspecified atom stereocenters. The predicted octanol–water partition coefficient (Wildman–Crippen LogP) is 3.41. The second-order valence-electron chi connectivity index (χ2n) is 6.02. The van der Waals surface area contributed by atoms with Gasteiger partial charge in [-0.3, -0.25) is 4.79 Å². The number of morpholine rings is 1. The number of carbonyl (C=O) groups excluding carboxylic acids is 1. The molecule has 1 amide bonds. The quantitative estimate of drug-likeness (QED) is 0.850. The van der Waals surface area contributed by atoms with Gasteiger partial charge in [0.15, 0.2) is 0 Å². The van der Waals surface area contributed by atoms with Gasteiger partial charge >= 0.3 is 0 Å². The van der Waals surface area contributed by atoms with Crippen LogP contribution in [0.2, 0.25) is 0 Å². The summed E-state index contributed by atoms with van der Waals surface area (Å²) in [6.45, 7) is 9.47. The standard InChI is InChI=1S/C17H22N2O2S/c1-11-9-19(10-12(2)21-11)16(20)15-13(3)14(4)22-17(15)18-7-5-6-8-18/h5-8,11-12H,9-10H2,1-4H3/t11-,12+. The van der Waals surface area contributed by atoms with Gasteiger partial charge in [0.2, 0.25) is 0 Å². The Morgan fingerprint density at radius 3 is 2.36 bits per heavy atom. The number of nitrogens with zero attached hydrogens (tertiary/aromatic N) is 2. The molecule has 1 fully saturated rings. The highest BCUT2D eigenvalue weighted by Crippen LogP contribution is 2.32. The number of ether oxygens (including phenoxy) is 1. The lowest BCUT2D eigenvalue weighted by molar-refractivity contribution is -0.0586. The first-order valence-electron chi connectivity index (χ1n) is 7.65. The maximum absolute atomic E-state index is 13.1. The number of amides is 1. The molecule has 0 saturated carbocycles. The minimum atomic E-state index is 0.0859. The van der Waals surface area contributed by atoms with Crippen molar-refractivity contribution in [3.05, 3.63) is 40.5 Å². The Morgan fingerprint density at radius 2 is 1.77 bits per heavy atom. The summed E-state index contributed by atoms with van der Waals surface area (Å²) >= 11 is 1.68. The molecule has 0 aliphatic carbocycles. The summed E-state index contributed by atoms with van der Waals surface area (Å²) in [7, 11) is 0. The lowest BCUT2D eigenvalue weighted by atomic mass is 10.1. The topological polar surface area (TPSA) is 34.5 Å². The van der Waals surface area contributed by atoms with Crippen molar-refractivity contribution in [2.24, 2.45) is 0 Å². The van der Waals surface area contributed by atoms with Crippen LogP contribution in [0.3, 0.4) is 0 Å². The largest absolute Gasteiger partial charge is 0.372 e. The number of aryl methyl sites for hydroxylation is 1. The summed E-state index contributed by atoms with van der Waals surface area (Å²) < 4.78 is 7.78. The molecule has 3 heterocycles. The lowest BCUT2D eigenvalue weighted by Gasteiger charge is -2.35. The van der Waals surface area contributed by atoms with E-state index in [-0.39, 0.29) is 18.1 Å². The van der Waals surface area contributed by atoms with Crippen LogP contribution >= 0.6 is 11.3 Å². The number of carbonyl (C=O) groups is 1. The van der Waals surface area contributed by atoms with Crippen molar-refractivity contribution < 1.29 is 9.53 Å². The fourth-order valence-electron chi connectivity index (χ4n) is 3.01. The van der Waals surface area contributed by atoms with Crippen molar-refractivity contribution in [2.75, 3.05) is 13.1 Å². The van der Waals surface area contributed by atoms with Gasteiger partial charge in [-0.2, -0.15) is 0 Å². The number of rotatable bonds is 2. The molecule has 0 bridgehead atoms. The van der Waals surface area contributed by atoms with E-state index in [4.69, 9.17) is 4.74 Å². The van der Waals surface area contributed by atoms with Crippen molar-refractivity contribution in [3.8, 4) is 5.00 Å². The molecule has 4 nitrogen and oxygen atoms in total. The van der Waals surface area contributed by atoms with E-state index in [1.54, 1.807) is 11.3 Å². The first-order valence-corrected chi connectivity index (χ1v) is 8.47. The molecule has 1 aliphatic heterocycles. The zero-order valence-corrected chi connectivity index (χ0v) is 14.3. The van der Waals surface area contributed by atoms with E-state index >= 15 is 0 Å². The zero-order chi connectivity index (χ0) is 15.9. The SMILES string of the molecule is Cc1sc(-n2cccc2)c(C(=O)N2C[C@@H](C)O[C@@H](C)C2)c1C. The Bertz CT molecular complexity index is 665. The molecule has 22 heavy (non-hydrogen) atoms. The second kappa shape index (κ2) is 5.89. The highest BCUT2D eigenvalue weighted by atomic mass is 32.1. The monoisotopic (exact) mass is 318 g/mol. The normalized spacial score (nSPS) is 22.1. The average Bonchev–Trinajstić information content (AvgIpc) is 3.07. The highest BCUT2D eigenvalue weighted by molar-refractivity contribution is 7.15. The lowest BCUT2D eigenvalue weighted by Crippen LogP contribution is -2.48. The van der Waals surface area contributed by atoms with Crippen LogP contribution in [0.4, 0.5) is 0 Å². The first-order chi connectivity index (χ1) is 10.5. The maximum atomic E-state index is 13.1. The van der Waals surface area contributed by atoms with E-state index in [9.17, 15) is 4.79 Å². The van der Waals surface area contributed by atoms with Gasteiger partial charge < -0.3 is 14.2 Å². The Kier molecular flexibility index (Phi) is 4.10. The number of hydrogen-bond acceptors (Lipinski definition) is 3. The highest BCUT2D eigenvalue weighted by Gasteiger charge is 2.30. The maximum Gasteiger partial charge on any atom is 0.257 e. The summed E-state index contributed by atoms with van der Waals surface area (Å²) in [5.41, 5.74) is 1.92. The Labute approximate surface area is 135 Å². The van der Waals surface area contributed by atoms with Gasteiger partial charge in [-0.1, -0.05) is 0 Å². The molecule has 118 valence electrons. The Balaban J connectivity index is 1.99. The molecule has 0 spiro atoms. The van der Waals surface area contributed by atoms with E-state index in [2.05, 4.69) is 6.92 Å². The minimum Gasteiger partial charge on any atom is -0.372 e. The van der Waals surface area contributed by atoms with Gasteiger partial charge in [0.05, 0.1) is 17.8 Å². The summed E-state index contributed by atoms with van der Waals surface area (Å²) in [6.07, 6.45) is 4.16. The molecular formula is C17H22N2O2S. The summed E-state index contributed by atoms with van der Waals surface area (Å²) in [4.78, 5) is 16.2. The van der Waals surface area contributed by atoms with Crippen LogP contribution in [0.25, 0.3) is 5.00 Å². The van der Waals surface area contributed by atoms with Crippen molar-refractivity contribution in [1.29, 1.82) is 0 Å². The molecular weight excluding hydrogens is 296 g/mol. The summed E-state index contributed by atoms with van der Waals surface area (Å²) in [5.74, 6) is 0.118. The second-order valence-corrected chi connectivity index (χ2v) is 7.22. The smallest absolute Gasteiger partial charge is 0.257 e. The first kappa shape index (κ1) is 15.3. The van der Waals surface area contributed by atoms with Gasteiger partial charge in [-0.15, -0.1) is 11.3 Å². The van der Waals surface area contributed by atoms with Crippen LogP contribution in [0.5, 0.6) is 0 Å². The number of thiophene rings is 1. The van der Waals surface area contributed by atoms with Crippen molar-refractivity contribution in [3.63, 3.8) is 0 Å². The van der Waals surface area contributed by atoms with Crippen LogP contribution in [0, 0.1) is 13.8 Å². The molecule has 0 radical (unpaired) electrons. The number of aromatic nitrogens is 1. The molecule has 5 heteroatoms.